The quantitative estimate of drug-likeness (QED) is 0.491. The monoisotopic (exact) mass is 553 g/mol. The number of ether oxygens (including phenoxy) is 1. The zero-order valence-electron chi connectivity index (χ0n) is 22.7. The molecular weight excluding hydrogens is 518 g/mol. The van der Waals surface area contributed by atoms with Crippen LogP contribution in [0.15, 0.2) is 18.2 Å². The predicted octanol–water partition coefficient (Wildman–Crippen LogP) is 4.31. The molecule has 1 aromatic heterocycles. The number of methoxy groups -OCH3 is 1. The van der Waals surface area contributed by atoms with Crippen LogP contribution in [0.1, 0.15) is 75.7 Å². The van der Waals surface area contributed by atoms with E-state index in [1.165, 1.54) is 0 Å². The molecule has 0 unspecified atom stereocenters. The Hall–Kier alpha value is -3.25. The first-order chi connectivity index (χ1) is 18.5. The Morgan fingerprint density at radius 1 is 1.23 bits per heavy atom. The number of rotatable bonds is 6. The molecule has 0 bridgehead atoms. The average molecular weight is 554 g/mol. The molecule has 208 valence electrons. The van der Waals surface area contributed by atoms with E-state index in [1.54, 1.807) is 30.2 Å². The average Bonchev–Trinajstić information content (AvgIpc) is 3.56. The molecule has 39 heavy (non-hydrogen) atoms. The number of likely N-dealkylation sites (tertiary alicyclic amines) is 1. The molecule has 3 N–H and O–H groups in total. The number of aromatic amines is 1. The van der Waals surface area contributed by atoms with Gasteiger partial charge in [0.25, 0.3) is 5.91 Å². The lowest BCUT2D eigenvalue weighted by atomic mass is 9.72. The molecule has 2 aliphatic heterocycles. The number of H-pyrrole nitrogens is 1. The minimum absolute atomic E-state index is 0.0947. The molecule has 2 aromatic rings. The van der Waals surface area contributed by atoms with Crippen LogP contribution in [0.3, 0.4) is 0 Å². The summed E-state index contributed by atoms with van der Waals surface area (Å²) >= 11 is 6.23. The molecule has 3 atom stereocenters. The number of carbonyl (C=O) groups is 3. The fourth-order valence-corrected chi connectivity index (χ4v) is 7.07. The standard InChI is InChI=1S/C29H36ClN5O4/c1-28(2)13-17(25(36)34-28)9-19(15-31)32-26(37)23-14-29(7-5-4-6-8-29)16-35(23)27(38)22-12-20-21(33-22)10-18(30)11-24(20)39-3/h10-12,17,19,23,33H,4-9,13-14,16H2,1-3H3,(H,32,37)(H,34,36)/t17-,19+,23+/m1/s1. The summed E-state index contributed by atoms with van der Waals surface area (Å²) < 4.78 is 5.45. The third-order valence-corrected chi connectivity index (χ3v) is 8.90. The first-order valence-electron chi connectivity index (χ1n) is 13.7. The molecule has 3 heterocycles. The topological polar surface area (TPSA) is 127 Å². The number of amides is 3. The van der Waals surface area contributed by atoms with Gasteiger partial charge in [-0.2, -0.15) is 5.26 Å². The Balaban J connectivity index is 1.39. The van der Waals surface area contributed by atoms with Crippen LogP contribution in [0, 0.1) is 22.7 Å². The van der Waals surface area contributed by atoms with E-state index in [4.69, 9.17) is 16.3 Å². The van der Waals surface area contributed by atoms with Crippen LogP contribution >= 0.6 is 11.6 Å². The minimum Gasteiger partial charge on any atom is -0.496 e. The van der Waals surface area contributed by atoms with Crippen molar-refractivity contribution in [3.05, 3.63) is 28.9 Å². The molecule has 5 rings (SSSR count). The van der Waals surface area contributed by atoms with Crippen molar-refractivity contribution in [3.63, 3.8) is 0 Å². The van der Waals surface area contributed by atoms with E-state index in [9.17, 15) is 19.6 Å². The van der Waals surface area contributed by atoms with E-state index in [-0.39, 0.29) is 41.0 Å². The van der Waals surface area contributed by atoms with Gasteiger partial charge in [-0.25, -0.2) is 0 Å². The number of hydrogen-bond acceptors (Lipinski definition) is 5. The number of fused-ring (bicyclic) bond motifs is 1. The van der Waals surface area contributed by atoms with E-state index in [0.29, 0.717) is 41.4 Å². The lowest BCUT2D eigenvalue weighted by Gasteiger charge is -2.32. The van der Waals surface area contributed by atoms with Crippen molar-refractivity contribution in [2.75, 3.05) is 13.7 Å². The third-order valence-electron chi connectivity index (χ3n) is 8.68. The summed E-state index contributed by atoms with van der Waals surface area (Å²) in [5, 5.41) is 16.9. The van der Waals surface area contributed by atoms with Crippen molar-refractivity contribution in [2.24, 2.45) is 11.3 Å². The van der Waals surface area contributed by atoms with E-state index in [1.807, 2.05) is 13.8 Å². The largest absolute Gasteiger partial charge is 0.496 e. The SMILES string of the molecule is COc1cc(Cl)cc2[nH]c(C(=O)N3CC4(CCCCC4)C[C@H]3C(=O)N[C@H](C#N)C[C@@H]3CC(C)(C)NC3=O)cc12. The molecular formula is C29H36ClN5O4. The molecule has 1 aliphatic carbocycles. The Bertz CT molecular complexity index is 1340. The third kappa shape index (κ3) is 5.44. The Kier molecular flexibility index (Phi) is 7.27. The predicted molar refractivity (Wildman–Crippen MR) is 147 cm³/mol. The van der Waals surface area contributed by atoms with Gasteiger partial charge in [-0.3, -0.25) is 14.4 Å². The van der Waals surface area contributed by atoms with Crippen LogP contribution in [0.4, 0.5) is 0 Å². The van der Waals surface area contributed by atoms with Crippen LogP contribution in [0.25, 0.3) is 10.9 Å². The van der Waals surface area contributed by atoms with Crippen LogP contribution in [-0.4, -0.2) is 58.9 Å². The lowest BCUT2D eigenvalue weighted by Crippen LogP contribution is -2.49. The highest BCUT2D eigenvalue weighted by Crippen LogP contribution is 2.47. The second-order valence-electron chi connectivity index (χ2n) is 12.2. The van der Waals surface area contributed by atoms with Crippen molar-refractivity contribution < 1.29 is 19.1 Å². The lowest BCUT2D eigenvalue weighted by molar-refractivity contribution is -0.126. The number of nitrogens with zero attached hydrogens (tertiary/aromatic N) is 2. The molecule has 10 heteroatoms. The molecule has 9 nitrogen and oxygen atoms in total. The van der Waals surface area contributed by atoms with Gasteiger partial charge in [0.15, 0.2) is 0 Å². The molecule has 3 fully saturated rings. The summed E-state index contributed by atoms with van der Waals surface area (Å²) in [4.78, 5) is 44.8. The maximum absolute atomic E-state index is 13.9. The number of nitrogens with one attached hydrogen (secondary N) is 3. The molecule has 1 spiro atoms. The maximum atomic E-state index is 13.9. The summed E-state index contributed by atoms with van der Waals surface area (Å²) in [5.74, 6) is -0.487. The number of hydrogen-bond donors (Lipinski definition) is 3. The van der Waals surface area contributed by atoms with Gasteiger partial charge >= 0.3 is 0 Å². The zero-order chi connectivity index (χ0) is 27.9. The fourth-order valence-electron chi connectivity index (χ4n) is 6.86. The minimum atomic E-state index is -0.818. The smallest absolute Gasteiger partial charge is 0.271 e. The van der Waals surface area contributed by atoms with Gasteiger partial charge in [0, 0.05) is 28.4 Å². The Morgan fingerprint density at radius 3 is 2.62 bits per heavy atom. The summed E-state index contributed by atoms with van der Waals surface area (Å²) in [7, 11) is 1.55. The van der Waals surface area contributed by atoms with Gasteiger partial charge in [0.2, 0.25) is 11.8 Å². The second kappa shape index (κ2) is 10.4. The van der Waals surface area contributed by atoms with Crippen LogP contribution in [0.2, 0.25) is 5.02 Å². The highest BCUT2D eigenvalue weighted by Gasteiger charge is 2.49. The Morgan fingerprint density at radius 2 is 1.97 bits per heavy atom. The van der Waals surface area contributed by atoms with Crippen LogP contribution in [-0.2, 0) is 9.59 Å². The molecule has 1 aromatic carbocycles. The van der Waals surface area contributed by atoms with Crippen molar-refractivity contribution in [3.8, 4) is 11.8 Å². The summed E-state index contributed by atoms with van der Waals surface area (Å²) in [6.45, 7) is 4.39. The number of nitriles is 1. The van der Waals surface area contributed by atoms with E-state index < -0.39 is 12.1 Å². The number of aromatic nitrogens is 1. The van der Waals surface area contributed by atoms with Crippen LogP contribution in [0.5, 0.6) is 5.75 Å². The van der Waals surface area contributed by atoms with Crippen molar-refractivity contribution >= 4 is 40.2 Å². The van der Waals surface area contributed by atoms with Gasteiger partial charge in [-0.05, 0) is 69.6 Å². The van der Waals surface area contributed by atoms with Gasteiger partial charge in [0.1, 0.15) is 23.5 Å². The molecule has 0 radical (unpaired) electrons. The van der Waals surface area contributed by atoms with Crippen molar-refractivity contribution in [1.29, 1.82) is 5.26 Å². The summed E-state index contributed by atoms with van der Waals surface area (Å²) in [6.07, 6.45) is 6.65. The zero-order valence-corrected chi connectivity index (χ0v) is 23.5. The van der Waals surface area contributed by atoms with Gasteiger partial charge in [0.05, 0.1) is 18.7 Å². The first kappa shape index (κ1) is 27.3. The molecule has 3 aliphatic rings. The first-order valence-corrected chi connectivity index (χ1v) is 14.1. The molecule has 2 saturated heterocycles. The van der Waals surface area contributed by atoms with E-state index >= 15 is 0 Å². The van der Waals surface area contributed by atoms with E-state index in [2.05, 4.69) is 21.7 Å². The number of halogens is 1. The van der Waals surface area contributed by atoms with Gasteiger partial charge in [-0.1, -0.05) is 30.9 Å². The van der Waals surface area contributed by atoms with Crippen molar-refractivity contribution in [2.45, 2.75) is 82.8 Å². The van der Waals surface area contributed by atoms with Gasteiger partial charge in [-0.15, -0.1) is 0 Å². The fraction of sp³-hybridized carbons (Fsp3) is 0.586. The second-order valence-corrected chi connectivity index (χ2v) is 12.6. The maximum Gasteiger partial charge on any atom is 0.271 e. The summed E-state index contributed by atoms with van der Waals surface area (Å²) in [6, 6.07) is 5.83. The normalized spacial score (nSPS) is 24.4. The molecule has 1 saturated carbocycles. The highest BCUT2D eigenvalue weighted by molar-refractivity contribution is 6.31. The van der Waals surface area contributed by atoms with Gasteiger partial charge < -0.3 is 25.3 Å². The number of benzene rings is 1. The highest BCUT2D eigenvalue weighted by atomic mass is 35.5. The Labute approximate surface area is 233 Å². The summed E-state index contributed by atoms with van der Waals surface area (Å²) in [5.41, 5.74) is 0.594. The van der Waals surface area contributed by atoms with E-state index in [0.717, 1.165) is 37.5 Å². The molecule has 3 amide bonds. The number of carbonyl (C=O) groups excluding carboxylic acids is 3. The van der Waals surface area contributed by atoms with Crippen molar-refractivity contribution in [1.82, 2.24) is 20.5 Å². The van der Waals surface area contributed by atoms with Crippen LogP contribution < -0.4 is 15.4 Å².